The van der Waals surface area contributed by atoms with E-state index in [9.17, 15) is 5.11 Å². The molecule has 0 saturated heterocycles. The van der Waals surface area contributed by atoms with Gasteiger partial charge in [-0.3, -0.25) is 0 Å². The van der Waals surface area contributed by atoms with Gasteiger partial charge in [0.1, 0.15) is 5.75 Å². The Balaban J connectivity index is 3.20. The number of aryl methyl sites for hydroxylation is 1. The summed E-state index contributed by atoms with van der Waals surface area (Å²) in [5, 5.41) is 9.53. The summed E-state index contributed by atoms with van der Waals surface area (Å²) in [4.78, 5) is 0. The lowest BCUT2D eigenvalue weighted by molar-refractivity contribution is 0.468. The van der Waals surface area contributed by atoms with E-state index in [1.165, 1.54) is 0 Å². The van der Waals surface area contributed by atoms with E-state index in [4.69, 9.17) is 5.73 Å². The first kappa shape index (κ1) is 9.81. The summed E-state index contributed by atoms with van der Waals surface area (Å²) in [5.41, 5.74) is 8.44. The number of benzene rings is 1. The molecule has 0 fully saturated rings. The molecule has 0 spiro atoms. The fourth-order valence-electron chi connectivity index (χ4n) is 1.30. The minimum atomic E-state index is 0.279. The number of allylic oxidation sites excluding steroid dienone is 1. The summed E-state index contributed by atoms with van der Waals surface area (Å²) in [6.07, 6.45) is 3.92. The molecule has 0 radical (unpaired) electrons. The highest BCUT2D eigenvalue weighted by molar-refractivity contribution is 5.57. The van der Waals surface area contributed by atoms with Crippen molar-refractivity contribution in [2.75, 3.05) is 0 Å². The van der Waals surface area contributed by atoms with E-state index >= 15 is 0 Å². The van der Waals surface area contributed by atoms with Crippen LogP contribution in [0.1, 0.15) is 23.6 Å². The van der Waals surface area contributed by atoms with Gasteiger partial charge in [0.25, 0.3) is 0 Å². The van der Waals surface area contributed by atoms with Crippen LogP contribution in [0.3, 0.4) is 0 Å². The zero-order valence-electron chi connectivity index (χ0n) is 8.04. The Morgan fingerprint density at radius 1 is 1.46 bits per heavy atom. The van der Waals surface area contributed by atoms with Gasteiger partial charge in [0, 0.05) is 12.1 Å². The third kappa shape index (κ3) is 2.10. The van der Waals surface area contributed by atoms with Gasteiger partial charge in [0.2, 0.25) is 0 Å². The van der Waals surface area contributed by atoms with E-state index < -0.39 is 0 Å². The van der Waals surface area contributed by atoms with Gasteiger partial charge in [-0.05, 0) is 31.0 Å². The number of rotatable bonds is 2. The average Bonchev–Trinajstić information content (AvgIpc) is 2.11. The van der Waals surface area contributed by atoms with Crippen molar-refractivity contribution >= 4 is 6.08 Å². The Hall–Kier alpha value is -1.28. The van der Waals surface area contributed by atoms with Crippen LogP contribution in [-0.4, -0.2) is 5.11 Å². The van der Waals surface area contributed by atoms with E-state index in [1.54, 1.807) is 6.07 Å². The Bertz CT molecular complexity index is 329. The van der Waals surface area contributed by atoms with E-state index in [-0.39, 0.29) is 5.75 Å². The number of phenolic OH excluding ortho intramolecular Hbond substituents is 1. The molecule has 0 bridgehead atoms. The van der Waals surface area contributed by atoms with E-state index in [0.29, 0.717) is 6.54 Å². The summed E-state index contributed by atoms with van der Waals surface area (Å²) in [7, 11) is 0. The van der Waals surface area contributed by atoms with Crippen LogP contribution in [0.4, 0.5) is 0 Å². The second kappa shape index (κ2) is 4.10. The Morgan fingerprint density at radius 2 is 2.15 bits per heavy atom. The molecule has 70 valence electrons. The molecule has 0 aliphatic rings. The molecule has 0 amide bonds. The Labute approximate surface area is 78.7 Å². The van der Waals surface area contributed by atoms with Crippen LogP contribution < -0.4 is 5.73 Å². The topological polar surface area (TPSA) is 46.2 Å². The monoisotopic (exact) mass is 177 g/mol. The molecule has 0 saturated carbocycles. The second-order valence-electron chi connectivity index (χ2n) is 3.04. The van der Waals surface area contributed by atoms with E-state index in [1.807, 2.05) is 32.1 Å². The third-order valence-electron chi connectivity index (χ3n) is 2.03. The summed E-state index contributed by atoms with van der Waals surface area (Å²) >= 11 is 0. The first-order valence-electron chi connectivity index (χ1n) is 4.34. The SMILES string of the molecule is C/C=C/c1cc(O)c(CN)cc1C. The number of phenols is 1. The highest BCUT2D eigenvalue weighted by Gasteiger charge is 2.02. The molecule has 0 aliphatic carbocycles. The highest BCUT2D eigenvalue weighted by Crippen LogP contribution is 2.22. The molecule has 0 heterocycles. The Kier molecular flexibility index (Phi) is 3.09. The molecule has 0 atom stereocenters. The summed E-state index contributed by atoms with van der Waals surface area (Å²) in [6, 6.07) is 3.67. The Morgan fingerprint density at radius 3 is 2.69 bits per heavy atom. The van der Waals surface area contributed by atoms with Crippen LogP contribution in [0.5, 0.6) is 5.75 Å². The largest absolute Gasteiger partial charge is 0.508 e. The number of nitrogens with two attached hydrogens (primary N) is 1. The maximum Gasteiger partial charge on any atom is 0.120 e. The van der Waals surface area contributed by atoms with Crippen molar-refractivity contribution in [3.8, 4) is 5.75 Å². The van der Waals surface area contributed by atoms with Crippen molar-refractivity contribution < 1.29 is 5.11 Å². The minimum absolute atomic E-state index is 0.279. The molecule has 0 aromatic heterocycles. The van der Waals surface area contributed by atoms with Crippen molar-refractivity contribution in [1.82, 2.24) is 0 Å². The van der Waals surface area contributed by atoms with Gasteiger partial charge in [0.05, 0.1) is 0 Å². The molecule has 0 aliphatic heterocycles. The fraction of sp³-hybridized carbons (Fsp3) is 0.273. The molecule has 1 aromatic carbocycles. The van der Waals surface area contributed by atoms with Gasteiger partial charge in [-0.2, -0.15) is 0 Å². The second-order valence-corrected chi connectivity index (χ2v) is 3.04. The highest BCUT2D eigenvalue weighted by atomic mass is 16.3. The van der Waals surface area contributed by atoms with Crippen molar-refractivity contribution in [3.63, 3.8) is 0 Å². The van der Waals surface area contributed by atoms with Crippen molar-refractivity contribution in [3.05, 3.63) is 34.9 Å². The number of hydrogen-bond donors (Lipinski definition) is 2. The predicted octanol–water partition coefficient (Wildman–Crippen LogP) is 2.19. The predicted molar refractivity (Wildman–Crippen MR) is 55.4 cm³/mol. The van der Waals surface area contributed by atoms with Gasteiger partial charge in [-0.25, -0.2) is 0 Å². The van der Waals surface area contributed by atoms with Gasteiger partial charge < -0.3 is 10.8 Å². The van der Waals surface area contributed by atoms with Gasteiger partial charge in [0.15, 0.2) is 0 Å². The molecule has 0 unspecified atom stereocenters. The van der Waals surface area contributed by atoms with Crippen molar-refractivity contribution in [2.24, 2.45) is 5.73 Å². The quantitative estimate of drug-likeness (QED) is 0.727. The van der Waals surface area contributed by atoms with Crippen LogP contribution in [0.15, 0.2) is 18.2 Å². The van der Waals surface area contributed by atoms with Crippen molar-refractivity contribution in [1.29, 1.82) is 0 Å². The third-order valence-corrected chi connectivity index (χ3v) is 2.03. The maximum absolute atomic E-state index is 9.53. The van der Waals surface area contributed by atoms with E-state index in [0.717, 1.165) is 16.7 Å². The molecule has 13 heavy (non-hydrogen) atoms. The molecule has 1 rings (SSSR count). The smallest absolute Gasteiger partial charge is 0.120 e. The molecule has 2 heteroatoms. The maximum atomic E-state index is 9.53. The molecular weight excluding hydrogens is 162 g/mol. The van der Waals surface area contributed by atoms with Gasteiger partial charge in [-0.15, -0.1) is 0 Å². The van der Waals surface area contributed by atoms with Crippen LogP contribution in [0.2, 0.25) is 0 Å². The molecule has 1 aromatic rings. The standard InChI is InChI=1S/C11H15NO/c1-3-4-9-6-11(13)10(7-12)5-8(9)2/h3-6,13H,7,12H2,1-2H3/b4-3+. The zero-order chi connectivity index (χ0) is 9.84. The van der Waals surface area contributed by atoms with Gasteiger partial charge in [-0.1, -0.05) is 18.2 Å². The lowest BCUT2D eigenvalue weighted by Gasteiger charge is -2.06. The first-order chi connectivity index (χ1) is 6.19. The molecule has 2 nitrogen and oxygen atoms in total. The molecule has 3 N–H and O–H groups in total. The molecular formula is C11H15NO. The van der Waals surface area contributed by atoms with Crippen LogP contribution in [-0.2, 0) is 6.54 Å². The minimum Gasteiger partial charge on any atom is -0.508 e. The summed E-state index contributed by atoms with van der Waals surface area (Å²) in [6.45, 7) is 4.34. The first-order valence-corrected chi connectivity index (χ1v) is 4.34. The lowest BCUT2D eigenvalue weighted by atomic mass is 10.0. The zero-order valence-corrected chi connectivity index (χ0v) is 8.04. The van der Waals surface area contributed by atoms with Crippen molar-refractivity contribution in [2.45, 2.75) is 20.4 Å². The normalized spacial score (nSPS) is 11.0. The summed E-state index contributed by atoms with van der Waals surface area (Å²) in [5.74, 6) is 0.279. The van der Waals surface area contributed by atoms with Gasteiger partial charge >= 0.3 is 0 Å². The number of hydrogen-bond acceptors (Lipinski definition) is 2. The fourth-order valence-corrected chi connectivity index (χ4v) is 1.30. The van der Waals surface area contributed by atoms with Crippen LogP contribution >= 0.6 is 0 Å². The van der Waals surface area contributed by atoms with E-state index in [2.05, 4.69) is 0 Å². The van der Waals surface area contributed by atoms with Crippen LogP contribution in [0, 0.1) is 6.92 Å². The lowest BCUT2D eigenvalue weighted by Crippen LogP contribution is -1.97. The average molecular weight is 177 g/mol. The van der Waals surface area contributed by atoms with Crippen LogP contribution in [0.25, 0.3) is 6.08 Å². The summed E-state index contributed by atoms with van der Waals surface area (Å²) < 4.78 is 0. The number of aromatic hydroxyl groups is 1.